The molecule has 0 amide bonds. The van der Waals surface area contributed by atoms with Crippen LogP contribution in [0.15, 0.2) is 21.6 Å². The number of phenolic OH excluding ortho intramolecular Hbond substituents is 1. The summed E-state index contributed by atoms with van der Waals surface area (Å²) in [7, 11) is 0. The molecule has 0 spiro atoms. The minimum absolute atomic E-state index is 0.0830. The van der Waals surface area contributed by atoms with E-state index in [-0.39, 0.29) is 5.75 Å². The third kappa shape index (κ3) is 2.07. The van der Waals surface area contributed by atoms with Crippen LogP contribution in [0.25, 0.3) is 0 Å². The number of hydrogen-bond acceptors (Lipinski definition) is 3. The zero-order valence-corrected chi connectivity index (χ0v) is 8.54. The Morgan fingerprint density at radius 2 is 2.31 bits per heavy atom. The summed E-state index contributed by atoms with van der Waals surface area (Å²) in [6.07, 6.45) is 1.57. The van der Waals surface area contributed by atoms with Crippen LogP contribution < -0.4 is 0 Å². The molecule has 0 saturated carbocycles. The molecule has 3 nitrogen and oxygen atoms in total. The summed E-state index contributed by atoms with van der Waals surface area (Å²) < 4.78 is 0.499. The minimum Gasteiger partial charge on any atom is -0.507 e. The highest BCUT2D eigenvalue weighted by molar-refractivity contribution is 9.10. The first-order valence-corrected chi connectivity index (χ1v) is 4.39. The van der Waals surface area contributed by atoms with Crippen LogP contribution in [0.4, 0.5) is 5.69 Å². The van der Waals surface area contributed by atoms with Gasteiger partial charge in [0, 0.05) is 12.3 Å². The van der Waals surface area contributed by atoms with Crippen LogP contribution in [-0.4, -0.2) is 11.3 Å². The van der Waals surface area contributed by atoms with E-state index in [0.717, 1.165) is 0 Å². The molecule has 0 radical (unpaired) electrons. The van der Waals surface area contributed by atoms with Crippen LogP contribution in [0.2, 0.25) is 0 Å². The molecule has 4 heteroatoms. The fourth-order valence-electron chi connectivity index (χ4n) is 0.886. The maximum Gasteiger partial charge on any atom is 0.132 e. The predicted octanol–water partition coefficient (Wildman–Crippen LogP) is 2.75. The molecule has 0 aliphatic carbocycles. The largest absolute Gasteiger partial charge is 0.507 e. The maximum atomic E-state index is 9.32. The van der Waals surface area contributed by atoms with E-state index in [0.29, 0.717) is 15.7 Å². The molecule has 1 N–H and O–H groups in total. The first kappa shape index (κ1) is 9.75. The van der Waals surface area contributed by atoms with Gasteiger partial charge in [-0.2, -0.15) is 5.26 Å². The lowest BCUT2D eigenvalue weighted by Crippen LogP contribution is -1.78. The second-order valence-electron chi connectivity index (χ2n) is 2.32. The van der Waals surface area contributed by atoms with E-state index in [2.05, 4.69) is 20.9 Å². The molecule has 0 heterocycles. The molecule has 1 aromatic carbocycles. The lowest BCUT2D eigenvalue weighted by molar-refractivity contribution is 0.472. The molecule has 1 aromatic rings. The fourth-order valence-corrected chi connectivity index (χ4v) is 1.23. The Morgan fingerprint density at radius 1 is 1.62 bits per heavy atom. The van der Waals surface area contributed by atoms with Crippen molar-refractivity contribution >= 4 is 27.8 Å². The highest BCUT2D eigenvalue weighted by atomic mass is 79.9. The third-order valence-electron chi connectivity index (χ3n) is 1.45. The molecule has 0 bridgehead atoms. The van der Waals surface area contributed by atoms with Crippen molar-refractivity contribution in [1.29, 1.82) is 5.26 Å². The number of phenols is 1. The van der Waals surface area contributed by atoms with E-state index in [1.54, 1.807) is 13.1 Å². The van der Waals surface area contributed by atoms with Gasteiger partial charge in [0.1, 0.15) is 11.8 Å². The summed E-state index contributed by atoms with van der Waals surface area (Å²) >= 11 is 3.12. The summed E-state index contributed by atoms with van der Waals surface area (Å²) in [5.74, 6) is 0.0830. The van der Waals surface area contributed by atoms with Gasteiger partial charge in [0.25, 0.3) is 0 Å². The second-order valence-corrected chi connectivity index (χ2v) is 3.17. The quantitative estimate of drug-likeness (QED) is 0.766. The number of benzene rings is 1. The molecule has 0 atom stereocenters. The van der Waals surface area contributed by atoms with Gasteiger partial charge in [-0.15, -0.1) is 0 Å². The van der Waals surface area contributed by atoms with E-state index in [1.807, 2.05) is 6.07 Å². The van der Waals surface area contributed by atoms with E-state index in [1.165, 1.54) is 12.1 Å². The molecular weight excluding hydrogens is 232 g/mol. The molecule has 0 aliphatic rings. The summed E-state index contributed by atoms with van der Waals surface area (Å²) in [5, 5.41) is 18.1. The van der Waals surface area contributed by atoms with Crippen molar-refractivity contribution in [3.63, 3.8) is 0 Å². The van der Waals surface area contributed by atoms with E-state index in [4.69, 9.17) is 5.26 Å². The number of aromatic hydroxyl groups is 1. The Bertz CT molecular complexity index is 393. The lowest BCUT2D eigenvalue weighted by Gasteiger charge is -2.00. The number of aliphatic imine (C=N–C) groups is 1. The summed E-state index contributed by atoms with van der Waals surface area (Å²) in [6, 6.07) is 4.98. The average Bonchev–Trinajstić information content (AvgIpc) is 2.11. The molecule has 0 fully saturated rings. The average molecular weight is 239 g/mol. The van der Waals surface area contributed by atoms with E-state index >= 15 is 0 Å². The molecule has 0 aliphatic heterocycles. The molecule has 13 heavy (non-hydrogen) atoms. The second kappa shape index (κ2) is 4.06. The number of nitriles is 1. The monoisotopic (exact) mass is 238 g/mol. The first-order chi connectivity index (χ1) is 6.19. The Hall–Kier alpha value is -1.34. The zero-order chi connectivity index (χ0) is 9.84. The van der Waals surface area contributed by atoms with E-state index in [9.17, 15) is 5.11 Å². The van der Waals surface area contributed by atoms with Crippen LogP contribution in [-0.2, 0) is 0 Å². The Balaban J connectivity index is 3.35. The fraction of sp³-hybridized carbons (Fsp3) is 0.111. The predicted molar refractivity (Wildman–Crippen MR) is 54.3 cm³/mol. The smallest absolute Gasteiger partial charge is 0.132 e. The number of rotatable bonds is 1. The molecule has 0 saturated heterocycles. The highest BCUT2D eigenvalue weighted by Crippen LogP contribution is 2.31. The van der Waals surface area contributed by atoms with Crippen molar-refractivity contribution in [2.75, 3.05) is 0 Å². The number of hydrogen-bond donors (Lipinski definition) is 1. The van der Waals surface area contributed by atoms with E-state index < -0.39 is 0 Å². The standard InChI is InChI=1S/C9H7BrN2O/c1-2-12-8-4-9(13)7(10)3-6(8)5-11/h2-4,13H,1H3. The van der Waals surface area contributed by atoms with Gasteiger partial charge in [-0.25, -0.2) is 0 Å². The van der Waals surface area contributed by atoms with Crippen LogP contribution in [0.1, 0.15) is 12.5 Å². The van der Waals surface area contributed by atoms with Gasteiger partial charge < -0.3 is 5.11 Å². The summed E-state index contributed by atoms with van der Waals surface area (Å²) in [6.45, 7) is 1.75. The first-order valence-electron chi connectivity index (χ1n) is 3.60. The summed E-state index contributed by atoms with van der Waals surface area (Å²) in [4.78, 5) is 3.95. The zero-order valence-electron chi connectivity index (χ0n) is 6.95. The van der Waals surface area contributed by atoms with Gasteiger partial charge in [-0.3, -0.25) is 4.99 Å². The van der Waals surface area contributed by atoms with Gasteiger partial charge in [0.15, 0.2) is 0 Å². The SMILES string of the molecule is CC=Nc1cc(O)c(Br)cc1C#N. The van der Waals surface area contributed by atoms with Crippen molar-refractivity contribution in [2.45, 2.75) is 6.92 Å². The molecule has 0 aromatic heterocycles. The Kier molecular flexibility index (Phi) is 3.04. The minimum atomic E-state index is 0.0830. The summed E-state index contributed by atoms with van der Waals surface area (Å²) in [5.41, 5.74) is 0.911. The Labute approximate surface area is 84.5 Å². The van der Waals surface area contributed by atoms with Crippen LogP contribution in [0.5, 0.6) is 5.75 Å². The van der Waals surface area contributed by atoms with Crippen molar-refractivity contribution in [2.24, 2.45) is 4.99 Å². The number of nitrogens with zero attached hydrogens (tertiary/aromatic N) is 2. The molecule has 0 unspecified atom stereocenters. The van der Waals surface area contributed by atoms with Crippen LogP contribution >= 0.6 is 15.9 Å². The van der Waals surface area contributed by atoms with Crippen LogP contribution in [0, 0.1) is 11.3 Å². The number of halogens is 1. The van der Waals surface area contributed by atoms with Crippen LogP contribution in [0.3, 0.4) is 0 Å². The van der Waals surface area contributed by atoms with Gasteiger partial charge in [-0.1, -0.05) is 0 Å². The topological polar surface area (TPSA) is 56.4 Å². The maximum absolute atomic E-state index is 9.32. The van der Waals surface area contributed by atoms with Crippen molar-refractivity contribution in [3.8, 4) is 11.8 Å². The lowest BCUT2D eigenvalue weighted by atomic mass is 10.2. The van der Waals surface area contributed by atoms with Gasteiger partial charge in [0.05, 0.1) is 15.7 Å². The molecular formula is C9H7BrN2O. The van der Waals surface area contributed by atoms with Gasteiger partial charge >= 0.3 is 0 Å². The highest BCUT2D eigenvalue weighted by Gasteiger charge is 2.05. The van der Waals surface area contributed by atoms with Crippen molar-refractivity contribution < 1.29 is 5.11 Å². The normalized spacial score (nSPS) is 10.2. The van der Waals surface area contributed by atoms with Crippen molar-refractivity contribution in [3.05, 3.63) is 22.2 Å². The Morgan fingerprint density at radius 3 is 2.85 bits per heavy atom. The van der Waals surface area contributed by atoms with Crippen molar-refractivity contribution in [1.82, 2.24) is 0 Å². The molecule has 66 valence electrons. The van der Waals surface area contributed by atoms with Gasteiger partial charge in [0.2, 0.25) is 0 Å². The van der Waals surface area contributed by atoms with Gasteiger partial charge in [-0.05, 0) is 28.9 Å². The molecule has 1 rings (SSSR count). The third-order valence-corrected chi connectivity index (χ3v) is 2.09.